The van der Waals surface area contributed by atoms with Gasteiger partial charge in [0, 0.05) is 25.8 Å². The van der Waals surface area contributed by atoms with Crippen molar-refractivity contribution in [1.29, 1.82) is 0 Å². The molecule has 0 radical (unpaired) electrons. The standard InChI is InChI=1S/C28H42N4O2/c1-6-8-9-11-17-27-28(34-23-15-14-22-33-24(3)4)32-26(25(7-2)31-27)18-16-21-30-20-13-10-12-19-29-5/h6-13,18-19,24,30H,5,14-17,20-23H2,1-4H3/b8-6-,11-9-,13-10+,19-12-,25-7+,26-18+. The number of aromatic nitrogens is 2. The van der Waals surface area contributed by atoms with E-state index in [1.54, 1.807) is 6.20 Å². The van der Waals surface area contributed by atoms with Gasteiger partial charge in [-0.1, -0.05) is 48.6 Å². The van der Waals surface area contributed by atoms with E-state index in [4.69, 9.17) is 19.4 Å². The molecule has 0 saturated heterocycles. The number of ether oxygens (including phenoxy) is 2. The Morgan fingerprint density at radius 1 is 1.00 bits per heavy atom. The highest BCUT2D eigenvalue weighted by Crippen LogP contribution is 2.11. The molecule has 1 rings (SSSR count). The predicted molar refractivity (Wildman–Crippen MR) is 145 cm³/mol. The summed E-state index contributed by atoms with van der Waals surface area (Å²) in [7, 11) is 0. The minimum atomic E-state index is 0.259. The van der Waals surface area contributed by atoms with Crippen LogP contribution >= 0.6 is 0 Å². The number of nitrogens with one attached hydrogen (secondary N) is 1. The largest absolute Gasteiger partial charge is 0.476 e. The first-order valence-corrected chi connectivity index (χ1v) is 12.2. The van der Waals surface area contributed by atoms with E-state index in [2.05, 4.69) is 43.0 Å². The lowest BCUT2D eigenvalue weighted by Crippen LogP contribution is -2.33. The van der Waals surface area contributed by atoms with Crippen molar-refractivity contribution in [2.75, 3.05) is 26.3 Å². The molecule has 0 aliphatic heterocycles. The lowest BCUT2D eigenvalue weighted by atomic mass is 10.2. The van der Waals surface area contributed by atoms with E-state index in [1.165, 1.54) is 0 Å². The van der Waals surface area contributed by atoms with Gasteiger partial charge in [0.25, 0.3) is 0 Å². The number of nitrogens with zero attached hydrogens (tertiary/aromatic N) is 3. The van der Waals surface area contributed by atoms with Gasteiger partial charge in [-0.2, -0.15) is 0 Å². The second-order valence-electron chi connectivity index (χ2n) is 7.82. The number of allylic oxidation sites excluding steroid dienone is 6. The van der Waals surface area contributed by atoms with Crippen molar-refractivity contribution in [3.05, 3.63) is 65.1 Å². The van der Waals surface area contributed by atoms with Crippen LogP contribution in [0.1, 0.15) is 52.7 Å². The van der Waals surface area contributed by atoms with Crippen LogP contribution < -0.4 is 20.8 Å². The van der Waals surface area contributed by atoms with Crippen LogP contribution in [0, 0.1) is 0 Å². The van der Waals surface area contributed by atoms with Gasteiger partial charge in [-0.3, -0.25) is 4.99 Å². The molecule has 1 heterocycles. The van der Waals surface area contributed by atoms with Crippen molar-refractivity contribution in [3.63, 3.8) is 0 Å². The van der Waals surface area contributed by atoms with Crippen LogP contribution in [0.5, 0.6) is 5.88 Å². The summed E-state index contributed by atoms with van der Waals surface area (Å²) >= 11 is 0. The number of hydrogen-bond donors (Lipinski definition) is 1. The SMILES string of the molecule is C=N/C=C\C=C\CNCC/C=c1/nc(OCCCCOC(C)C)c(C/C=C\C=C/C)n/c1=C/C. The van der Waals surface area contributed by atoms with Gasteiger partial charge in [-0.15, -0.1) is 0 Å². The molecule has 34 heavy (non-hydrogen) atoms. The van der Waals surface area contributed by atoms with Crippen LogP contribution in [-0.4, -0.2) is 49.1 Å². The van der Waals surface area contributed by atoms with Crippen molar-refractivity contribution in [2.45, 2.75) is 59.5 Å². The molecule has 186 valence electrons. The molecular formula is C28H42N4O2. The minimum absolute atomic E-state index is 0.259. The van der Waals surface area contributed by atoms with Gasteiger partial charge >= 0.3 is 0 Å². The van der Waals surface area contributed by atoms with Crippen LogP contribution in [0.4, 0.5) is 0 Å². The first-order valence-electron chi connectivity index (χ1n) is 12.2. The molecule has 1 N–H and O–H groups in total. The van der Waals surface area contributed by atoms with Crippen molar-refractivity contribution < 1.29 is 9.47 Å². The zero-order valence-electron chi connectivity index (χ0n) is 21.4. The third-order valence-electron chi connectivity index (χ3n) is 4.60. The molecule has 0 aliphatic carbocycles. The molecule has 0 unspecified atom stereocenters. The van der Waals surface area contributed by atoms with Crippen molar-refractivity contribution in [3.8, 4) is 5.88 Å². The molecule has 0 aliphatic rings. The van der Waals surface area contributed by atoms with E-state index in [9.17, 15) is 0 Å². The van der Waals surface area contributed by atoms with Crippen molar-refractivity contribution >= 4 is 18.9 Å². The second-order valence-corrected chi connectivity index (χ2v) is 7.82. The molecule has 1 aromatic rings. The molecule has 0 aromatic carbocycles. The van der Waals surface area contributed by atoms with Crippen LogP contribution in [0.2, 0.25) is 0 Å². The van der Waals surface area contributed by atoms with Crippen molar-refractivity contribution in [2.24, 2.45) is 4.99 Å². The first kappa shape index (κ1) is 29.2. The summed E-state index contributed by atoms with van der Waals surface area (Å²) in [6, 6.07) is 0. The monoisotopic (exact) mass is 466 g/mol. The normalized spacial score (nSPS) is 13.6. The van der Waals surface area contributed by atoms with E-state index in [0.29, 0.717) is 18.9 Å². The van der Waals surface area contributed by atoms with E-state index in [0.717, 1.165) is 55.4 Å². The highest BCUT2D eigenvalue weighted by atomic mass is 16.5. The van der Waals surface area contributed by atoms with E-state index in [1.807, 2.05) is 56.4 Å². The number of aliphatic imine (C=N–C) groups is 1. The van der Waals surface area contributed by atoms with Gasteiger partial charge in [0.1, 0.15) is 5.69 Å². The van der Waals surface area contributed by atoms with E-state index < -0.39 is 0 Å². The highest BCUT2D eigenvalue weighted by molar-refractivity contribution is 5.30. The van der Waals surface area contributed by atoms with Crippen LogP contribution in [-0.2, 0) is 11.2 Å². The average Bonchev–Trinajstić information content (AvgIpc) is 2.83. The maximum atomic E-state index is 6.07. The number of unbranched alkanes of at least 4 members (excludes halogenated alkanes) is 1. The Kier molecular flexibility index (Phi) is 16.9. The second kappa shape index (κ2) is 19.6. The lowest BCUT2D eigenvalue weighted by Gasteiger charge is -2.10. The fourth-order valence-electron chi connectivity index (χ4n) is 2.91. The zero-order chi connectivity index (χ0) is 24.9. The minimum Gasteiger partial charge on any atom is -0.476 e. The van der Waals surface area contributed by atoms with Gasteiger partial charge in [0.2, 0.25) is 5.88 Å². The molecule has 0 atom stereocenters. The van der Waals surface area contributed by atoms with E-state index >= 15 is 0 Å². The Bertz CT molecular complexity index is 930. The average molecular weight is 467 g/mol. The quantitative estimate of drug-likeness (QED) is 0.213. The summed E-state index contributed by atoms with van der Waals surface area (Å²) in [4.78, 5) is 13.4. The molecule has 0 saturated carbocycles. The molecule has 0 spiro atoms. The summed E-state index contributed by atoms with van der Waals surface area (Å²) in [5.74, 6) is 0.616. The molecule has 1 aromatic heterocycles. The van der Waals surface area contributed by atoms with Gasteiger partial charge in [0.05, 0.1) is 23.4 Å². The van der Waals surface area contributed by atoms with Crippen LogP contribution in [0.3, 0.4) is 0 Å². The maximum Gasteiger partial charge on any atom is 0.236 e. The lowest BCUT2D eigenvalue weighted by molar-refractivity contribution is 0.0736. The van der Waals surface area contributed by atoms with E-state index in [-0.39, 0.29) is 6.10 Å². The Balaban J connectivity index is 2.85. The Morgan fingerprint density at radius 3 is 2.53 bits per heavy atom. The molecule has 6 heteroatoms. The highest BCUT2D eigenvalue weighted by Gasteiger charge is 2.08. The third-order valence-corrected chi connectivity index (χ3v) is 4.60. The molecule has 0 fully saturated rings. The fourth-order valence-corrected chi connectivity index (χ4v) is 2.91. The molecule has 0 bridgehead atoms. The number of rotatable bonds is 17. The maximum absolute atomic E-state index is 6.07. The van der Waals surface area contributed by atoms with Crippen LogP contribution in [0.15, 0.2) is 53.7 Å². The fraction of sp³-hybridized carbons (Fsp3) is 0.464. The first-order chi connectivity index (χ1) is 16.6. The third kappa shape index (κ3) is 13.7. The summed E-state index contributed by atoms with van der Waals surface area (Å²) in [5.41, 5.74) is 0.856. The smallest absolute Gasteiger partial charge is 0.236 e. The summed E-state index contributed by atoms with van der Waals surface area (Å²) in [6.07, 6.45) is 23.4. The van der Waals surface area contributed by atoms with Crippen LogP contribution in [0.25, 0.3) is 12.2 Å². The van der Waals surface area contributed by atoms with Gasteiger partial charge in [-0.25, -0.2) is 9.97 Å². The van der Waals surface area contributed by atoms with Gasteiger partial charge < -0.3 is 14.8 Å². The zero-order valence-corrected chi connectivity index (χ0v) is 21.4. The molecule has 0 amide bonds. The molecule has 6 nitrogen and oxygen atoms in total. The number of hydrogen-bond acceptors (Lipinski definition) is 6. The Hall–Kier alpha value is -2.83. The summed E-state index contributed by atoms with van der Waals surface area (Å²) in [5, 5.41) is 5.13. The summed E-state index contributed by atoms with van der Waals surface area (Å²) in [6.45, 7) is 14.5. The predicted octanol–water partition coefficient (Wildman–Crippen LogP) is 4.07. The molecular weight excluding hydrogens is 424 g/mol. The van der Waals surface area contributed by atoms with Crippen molar-refractivity contribution in [1.82, 2.24) is 15.3 Å². The van der Waals surface area contributed by atoms with Gasteiger partial charge in [0.15, 0.2) is 0 Å². The summed E-state index contributed by atoms with van der Waals surface area (Å²) < 4.78 is 11.7. The Morgan fingerprint density at radius 2 is 1.79 bits per heavy atom. The Labute approximate surface area is 205 Å². The topological polar surface area (TPSA) is 68.6 Å². The van der Waals surface area contributed by atoms with Gasteiger partial charge in [-0.05, 0) is 66.3 Å².